The molecular formula is C19H22N4O2. The molecule has 2 aromatic heterocycles. The Bertz CT molecular complexity index is 898. The largest absolute Gasteiger partial charge is 0.486 e. The molecule has 130 valence electrons. The fourth-order valence-electron chi connectivity index (χ4n) is 3.16. The maximum atomic E-state index is 5.75. The van der Waals surface area contributed by atoms with E-state index >= 15 is 0 Å². The van der Waals surface area contributed by atoms with Gasteiger partial charge in [-0.15, -0.1) is 0 Å². The number of H-pyrrole nitrogens is 1. The summed E-state index contributed by atoms with van der Waals surface area (Å²) in [6.07, 6.45) is 3.45. The number of aromatic amines is 1. The van der Waals surface area contributed by atoms with E-state index in [0.717, 1.165) is 33.9 Å². The van der Waals surface area contributed by atoms with E-state index in [9.17, 15) is 0 Å². The number of fused-ring (bicyclic) bond motifs is 2. The molecule has 1 atom stereocenters. The zero-order chi connectivity index (χ0) is 17.4. The van der Waals surface area contributed by atoms with Gasteiger partial charge in [-0.2, -0.15) is 0 Å². The first kappa shape index (κ1) is 15.7. The second-order valence-electron chi connectivity index (χ2n) is 7.31. The summed E-state index contributed by atoms with van der Waals surface area (Å²) in [4.78, 5) is 11.8. The first-order valence-electron chi connectivity index (χ1n) is 8.46. The van der Waals surface area contributed by atoms with Crippen LogP contribution >= 0.6 is 0 Å². The van der Waals surface area contributed by atoms with E-state index in [2.05, 4.69) is 53.2 Å². The molecule has 2 N–H and O–H groups in total. The van der Waals surface area contributed by atoms with E-state index < -0.39 is 0 Å². The molecule has 1 aromatic carbocycles. The molecule has 0 fully saturated rings. The Hall–Kier alpha value is -2.76. The van der Waals surface area contributed by atoms with Gasteiger partial charge in [-0.3, -0.25) is 0 Å². The van der Waals surface area contributed by atoms with Gasteiger partial charge in [0.1, 0.15) is 31.0 Å². The summed E-state index contributed by atoms with van der Waals surface area (Å²) >= 11 is 0. The average Bonchev–Trinajstić information content (AvgIpc) is 3.07. The predicted octanol–water partition coefficient (Wildman–Crippen LogP) is 3.93. The van der Waals surface area contributed by atoms with Crippen LogP contribution in [0.25, 0.3) is 11.0 Å². The number of nitrogens with zero attached hydrogens (tertiary/aromatic N) is 2. The molecule has 25 heavy (non-hydrogen) atoms. The predicted molar refractivity (Wildman–Crippen MR) is 97.1 cm³/mol. The standard InChI is InChI=1S/C19H22N4O2/c1-19(2,3)16(12-4-5-14-15(10-12)25-9-8-24-14)23-18-13-6-7-20-17(13)21-11-22-18/h4-7,10-11,16H,8-9H2,1-3H3,(H2,20,21,22,23)/t16-/m0/s1. The van der Waals surface area contributed by atoms with Crippen molar-refractivity contribution in [3.8, 4) is 11.5 Å². The Balaban J connectivity index is 1.73. The van der Waals surface area contributed by atoms with Crippen LogP contribution in [0, 0.1) is 5.41 Å². The van der Waals surface area contributed by atoms with E-state index in [0.29, 0.717) is 13.2 Å². The first-order valence-corrected chi connectivity index (χ1v) is 8.46. The maximum absolute atomic E-state index is 5.75. The summed E-state index contributed by atoms with van der Waals surface area (Å²) in [6.45, 7) is 7.80. The van der Waals surface area contributed by atoms with E-state index in [-0.39, 0.29) is 11.5 Å². The van der Waals surface area contributed by atoms with E-state index in [1.807, 2.05) is 18.3 Å². The van der Waals surface area contributed by atoms with Crippen molar-refractivity contribution in [1.29, 1.82) is 0 Å². The molecule has 0 bridgehead atoms. The van der Waals surface area contributed by atoms with Gasteiger partial charge in [-0.05, 0) is 29.2 Å². The molecular weight excluding hydrogens is 316 g/mol. The number of aromatic nitrogens is 3. The van der Waals surface area contributed by atoms with Gasteiger partial charge >= 0.3 is 0 Å². The molecule has 0 spiro atoms. The zero-order valence-corrected chi connectivity index (χ0v) is 14.7. The van der Waals surface area contributed by atoms with Crippen LogP contribution in [0.1, 0.15) is 32.4 Å². The number of hydrogen-bond acceptors (Lipinski definition) is 5. The highest BCUT2D eigenvalue weighted by Gasteiger charge is 2.28. The Morgan fingerprint density at radius 2 is 1.88 bits per heavy atom. The minimum atomic E-state index is -0.0304. The lowest BCUT2D eigenvalue weighted by Crippen LogP contribution is -2.26. The van der Waals surface area contributed by atoms with Gasteiger partial charge in [-0.25, -0.2) is 9.97 Å². The van der Waals surface area contributed by atoms with Crippen molar-refractivity contribution in [2.75, 3.05) is 18.5 Å². The summed E-state index contributed by atoms with van der Waals surface area (Å²) in [5.41, 5.74) is 1.93. The maximum Gasteiger partial charge on any atom is 0.161 e. The first-order chi connectivity index (χ1) is 12.0. The van der Waals surface area contributed by atoms with Crippen molar-refractivity contribution in [3.63, 3.8) is 0 Å². The molecule has 0 unspecified atom stereocenters. The molecule has 0 radical (unpaired) electrons. The fourth-order valence-corrected chi connectivity index (χ4v) is 3.16. The molecule has 1 aliphatic rings. The Labute approximate surface area is 146 Å². The van der Waals surface area contributed by atoms with Gasteiger partial charge in [0.05, 0.1) is 11.4 Å². The molecule has 1 aliphatic heterocycles. The van der Waals surface area contributed by atoms with Crippen LogP contribution in [0.15, 0.2) is 36.8 Å². The van der Waals surface area contributed by atoms with E-state index in [1.54, 1.807) is 6.33 Å². The quantitative estimate of drug-likeness (QED) is 0.757. The van der Waals surface area contributed by atoms with Gasteiger partial charge in [-0.1, -0.05) is 26.8 Å². The van der Waals surface area contributed by atoms with Crippen molar-refractivity contribution in [3.05, 3.63) is 42.4 Å². The van der Waals surface area contributed by atoms with Crippen molar-refractivity contribution < 1.29 is 9.47 Å². The van der Waals surface area contributed by atoms with Crippen LogP contribution < -0.4 is 14.8 Å². The lowest BCUT2D eigenvalue weighted by Gasteiger charge is -2.33. The summed E-state index contributed by atoms with van der Waals surface area (Å²) in [5, 5.41) is 4.58. The van der Waals surface area contributed by atoms with Crippen LogP contribution in [-0.4, -0.2) is 28.2 Å². The number of ether oxygens (including phenoxy) is 2. The molecule has 0 saturated heterocycles. The summed E-state index contributed by atoms with van der Waals surface area (Å²) in [5.74, 6) is 2.42. The topological polar surface area (TPSA) is 72.1 Å². The molecule has 4 rings (SSSR count). The zero-order valence-electron chi connectivity index (χ0n) is 14.7. The fraction of sp³-hybridized carbons (Fsp3) is 0.368. The highest BCUT2D eigenvalue weighted by molar-refractivity contribution is 5.86. The lowest BCUT2D eigenvalue weighted by molar-refractivity contribution is 0.171. The smallest absolute Gasteiger partial charge is 0.161 e. The van der Waals surface area contributed by atoms with E-state index in [4.69, 9.17) is 9.47 Å². The monoisotopic (exact) mass is 338 g/mol. The molecule has 6 nitrogen and oxygen atoms in total. The molecule has 3 aromatic rings. The van der Waals surface area contributed by atoms with Crippen molar-refractivity contribution in [1.82, 2.24) is 15.0 Å². The molecule has 0 saturated carbocycles. The molecule has 0 aliphatic carbocycles. The van der Waals surface area contributed by atoms with E-state index in [1.165, 1.54) is 0 Å². The van der Waals surface area contributed by atoms with Gasteiger partial charge in [0, 0.05) is 6.20 Å². The van der Waals surface area contributed by atoms with Gasteiger partial charge in [0.25, 0.3) is 0 Å². The third-order valence-corrected chi connectivity index (χ3v) is 4.40. The summed E-state index contributed by atoms with van der Waals surface area (Å²) < 4.78 is 11.4. The highest BCUT2D eigenvalue weighted by atomic mass is 16.6. The summed E-state index contributed by atoms with van der Waals surface area (Å²) in [7, 11) is 0. The number of rotatable bonds is 3. The highest BCUT2D eigenvalue weighted by Crippen LogP contribution is 2.40. The van der Waals surface area contributed by atoms with Gasteiger partial charge in [0.15, 0.2) is 11.5 Å². The second-order valence-corrected chi connectivity index (χ2v) is 7.31. The normalized spacial score (nSPS) is 15.2. The number of hydrogen-bond donors (Lipinski definition) is 2. The third-order valence-electron chi connectivity index (χ3n) is 4.40. The lowest BCUT2D eigenvalue weighted by atomic mass is 9.82. The third kappa shape index (κ3) is 2.99. The Kier molecular flexibility index (Phi) is 3.75. The summed E-state index contributed by atoms with van der Waals surface area (Å²) in [6, 6.07) is 8.17. The van der Waals surface area contributed by atoms with Gasteiger partial charge < -0.3 is 19.8 Å². The molecule has 0 amide bonds. The average molecular weight is 338 g/mol. The number of anilines is 1. The van der Waals surface area contributed by atoms with Crippen LogP contribution in [0.3, 0.4) is 0 Å². The number of nitrogens with one attached hydrogen (secondary N) is 2. The van der Waals surface area contributed by atoms with Crippen molar-refractivity contribution in [2.24, 2.45) is 5.41 Å². The van der Waals surface area contributed by atoms with Crippen LogP contribution in [0.4, 0.5) is 5.82 Å². The minimum absolute atomic E-state index is 0.0304. The molecule has 3 heterocycles. The van der Waals surface area contributed by atoms with Crippen LogP contribution in [0.2, 0.25) is 0 Å². The number of benzene rings is 1. The minimum Gasteiger partial charge on any atom is -0.486 e. The van der Waals surface area contributed by atoms with Crippen LogP contribution in [-0.2, 0) is 0 Å². The molecule has 6 heteroatoms. The second kappa shape index (κ2) is 5.95. The van der Waals surface area contributed by atoms with Crippen molar-refractivity contribution >= 4 is 16.9 Å². The SMILES string of the molecule is CC(C)(C)[C@@H](Nc1ncnc2[nH]ccc12)c1ccc2c(c1)OCCO2. The Morgan fingerprint density at radius 3 is 2.68 bits per heavy atom. The Morgan fingerprint density at radius 1 is 1.08 bits per heavy atom. The van der Waals surface area contributed by atoms with Crippen LogP contribution in [0.5, 0.6) is 11.5 Å². The van der Waals surface area contributed by atoms with Crippen molar-refractivity contribution in [2.45, 2.75) is 26.8 Å². The van der Waals surface area contributed by atoms with Gasteiger partial charge in [0.2, 0.25) is 0 Å².